The summed E-state index contributed by atoms with van der Waals surface area (Å²) in [5.74, 6) is -1.30. The van der Waals surface area contributed by atoms with E-state index in [-0.39, 0.29) is 30.1 Å². The maximum atomic E-state index is 12.6. The van der Waals surface area contributed by atoms with E-state index in [2.05, 4.69) is 10.1 Å². The molecule has 0 fully saturated rings. The molecule has 0 spiro atoms. The predicted molar refractivity (Wildman–Crippen MR) is 121 cm³/mol. The van der Waals surface area contributed by atoms with Crippen LogP contribution in [0.3, 0.4) is 0 Å². The van der Waals surface area contributed by atoms with Crippen LogP contribution in [0.4, 0.5) is 18.0 Å². The first kappa shape index (κ1) is 28.7. The highest BCUT2D eigenvalue weighted by molar-refractivity contribution is 6.09. The molecule has 1 rings (SSSR count). The molecule has 1 aromatic heterocycles. The Morgan fingerprint density at radius 1 is 1.26 bits per heavy atom. The summed E-state index contributed by atoms with van der Waals surface area (Å²) in [7, 11) is 1.24. The molecule has 1 heterocycles. The molecule has 1 atom stereocenters. The minimum absolute atomic E-state index is 0.0612. The Morgan fingerprint density at radius 2 is 1.94 bits per heavy atom. The van der Waals surface area contributed by atoms with E-state index in [1.807, 2.05) is 0 Å². The molecule has 0 aliphatic rings. The SMILES string of the molecule is COC(=O)N/C=C/CCC(C)c1cc(O)c(C(=O)/C(C)=C/C=C(\C)CCCC(F)(F)F)c(=O)o1. The molecule has 0 bridgehead atoms. The number of amides is 1. The van der Waals surface area contributed by atoms with Crippen LogP contribution in [-0.4, -0.2) is 30.3 Å². The van der Waals surface area contributed by atoms with E-state index in [1.54, 1.807) is 19.9 Å². The molecule has 1 unspecified atom stereocenters. The molecular formula is C24H30F3NO6. The van der Waals surface area contributed by atoms with Gasteiger partial charge in [-0.15, -0.1) is 0 Å². The average molecular weight is 485 g/mol. The highest BCUT2D eigenvalue weighted by atomic mass is 19.4. The van der Waals surface area contributed by atoms with Gasteiger partial charge >= 0.3 is 17.9 Å². The van der Waals surface area contributed by atoms with Gasteiger partial charge in [-0.05, 0) is 45.1 Å². The molecule has 0 saturated heterocycles. The van der Waals surface area contributed by atoms with Crippen LogP contribution in [-0.2, 0) is 4.74 Å². The maximum absolute atomic E-state index is 12.6. The lowest BCUT2D eigenvalue weighted by Crippen LogP contribution is -2.16. The Labute approximate surface area is 196 Å². The molecule has 0 aromatic carbocycles. The lowest BCUT2D eigenvalue weighted by Gasteiger charge is -2.11. The molecule has 0 radical (unpaired) electrons. The van der Waals surface area contributed by atoms with Gasteiger partial charge in [0.1, 0.15) is 17.1 Å². The Bertz CT molecular complexity index is 1000. The number of carbonyl (C=O) groups is 2. The number of rotatable bonds is 11. The normalized spacial score (nSPS) is 13.7. The van der Waals surface area contributed by atoms with E-state index < -0.39 is 41.4 Å². The first-order valence-electron chi connectivity index (χ1n) is 10.7. The van der Waals surface area contributed by atoms with Gasteiger partial charge in [0.15, 0.2) is 5.78 Å². The van der Waals surface area contributed by atoms with Crippen molar-refractivity contribution >= 4 is 11.9 Å². The Hall–Kier alpha value is -3.30. The van der Waals surface area contributed by atoms with Gasteiger partial charge in [0, 0.05) is 24.6 Å². The summed E-state index contributed by atoms with van der Waals surface area (Å²) in [5.41, 5.74) is -0.710. The maximum Gasteiger partial charge on any atom is 0.410 e. The van der Waals surface area contributed by atoms with Crippen molar-refractivity contribution in [2.24, 2.45) is 0 Å². The summed E-state index contributed by atoms with van der Waals surface area (Å²) >= 11 is 0. The lowest BCUT2D eigenvalue weighted by atomic mass is 9.99. The van der Waals surface area contributed by atoms with Gasteiger partial charge < -0.3 is 14.3 Å². The van der Waals surface area contributed by atoms with Crippen molar-refractivity contribution in [2.75, 3.05) is 7.11 Å². The fraction of sp³-hybridized carbons (Fsp3) is 0.458. The van der Waals surface area contributed by atoms with Crippen LogP contribution in [0.1, 0.15) is 74.9 Å². The molecule has 0 aliphatic heterocycles. The number of hydrogen-bond acceptors (Lipinski definition) is 6. The lowest BCUT2D eigenvalue weighted by molar-refractivity contribution is -0.135. The van der Waals surface area contributed by atoms with E-state index in [1.165, 1.54) is 38.5 Å². The molecule has 1 amide bonds. The Balaban J connectivity index is 2.83. The third-order valence-corrected chi connectivity index (χ3v) is 4.94. The number of alkyl carbamates (subject to hydrolysis) is 1. The average Bonchev–Trinajstić information content (AvgIpc) is 2.75. The number of nitrogens with one attached hydrogen (secondary N) is 1. The molecular weight excluding hydrogens is 455 g/mol. The monoisotopic (exact) mass is 485 g/mol. The van der Waals surface area contributed by atoms with Gasteiger partial charge in [-0.2, -0.15) is 13.2 Å². The highest BCUT2D eigenvalue weighted by Crippen LogP contribution is 2.26. The third kappa shape index (κ3) is 10.1. The molecule has 10 heteroatoms. The van der Waals surface area contributed by atoms with Crippen molar-refractivity contribution in [3.8, 4) is 5.75 Å². The first-order chi connectivity index (χ1) is 15.9. The highest BCUT2D eigenvalue weighted by Gasteiger charge is 2.26. The van der Waals surface area contributed by atoms with Crippen molar-refractivity contribution < 1.29 is 37.0 Å². The standard InChI is InChI=1S/C24H30F3NO6/c1-15(8-7-12-24(25,26)27)10-11-17(3)21(30)20-18(29)14-19(34-22(20)31)16(2)9-5-6-13-28-23(32)33-4/h6,10-11,13-14,16,29H,5,7-9,12H2,1-4H3,(H,28,32)/b13-6+,15-10+,17-11+. The zero-order valence-electron chi connectivity index (χ0n) is 19.6. The quantitative estimate of drug-likeness (QED) is 0.229. The van der Waals surface area contributed by atoms with Crippen LogP contribution >= 0.6 is 0 Å². The summed E-state index contributed by atoms with van der Waals surface area (Å²) in [6.07, 6.45) is 1.55. The van der Waals surface area contributed by atoms with Crippen molar-refractivity contribution in [3.05, 3.63) is 63.4 Å². The molecule has 1 aromatic rings. The second-order valence-corrected chi connectivity index (χ2v) is 7.87. The second kappa shape index (κ2) is 13.4. The first-order valence-corrected chi connectivity index (χ1v) is 10.7. The number of ether oxygens (including phenoxy) is 1. The van der Waals surface area contributed by atoms with E-state index in [4.69, 9.17) is 4.42 Å². The number of methoxy groups -OCH3 is 1. The van der Waals surface area contributed by atoms with Crippen LogP contribution in [0.25, 0.3) is 0 Å². The van der Waals surface area contributed by atoms with Crippen molar-refractivity contribution in [1.82, 2.24) is 5.32 Å². The van der Waals surface area contributed by atoms with Gasteiger partial charge in [0.25, 0.3) is 0 Å². The van der Waals surface area contributed by atoms with Gasteiger partial charge in [0.2, 0.25) is 0 Å². The zero-order chi connectivity index (χ0) is 25.9. The van der Waals surface area contributed by atoms with Crippen LogP contribution in [0.15, 0.2) is 50.9 Å². The third-order valence-electron chi connectivity index (χ3n) is 4.94. The summed E-state index contributed by atoms with van der Waals surface area (Å²) < 4.78 is 46.4. The predicted octanol–water partition coefficient (Wildman–Crippen LogP) is 5.91. The Kier molecular flexibility index (Phi) is 11.3. The zero-order valence-corrected chi connectivity index (χ0v) is 19.6. The molecule has 34 heavy (non-hydrogen) atoms. The number of ketones is 1. The van der Waals surface area contributed by atoms with Crippen molar-refractivity contribution in [2.45, 2.75) is 65.0 Å². The smallest absolute Gasteiger partial charge is 0.410 e. The fourth-order valence-electron chi connectivity index (χ4n) is 2.90. The van der Waals surface area contributed by atoms with Crippen molar-refractivity contribution in [1.29, 1.82) is 0 Å². The van der Waals surface area contributed by atoms with Gasteiger partial charge in [0.05, 0.1) is 7.11 Å². The van der Waals surface area contributed by atoms with E-state index in [0.29, 0.717) is 18.4 Å². The number of aromatic hydroxyl groups is 1. The molecule has 2 N–H and O–H groups in total. The number of halogens is 3. The molecule has 0 aliphatic carbocycles. The van der Waals surface area contributed by atoms with Crippen LogP contribution in [0.2, 0.25) is 0 Å². The van der Waals surface area contributed by atoms with Crippen LogP contribution < -0.4 is 10.9 Å². The molecule has 0 saturated carbocycles. The second-order valence-electron chi connectivity index (χ2n) is 7.87. The fourth-order valence-corrected chi connectivity index (χ4v) is 2.90. The minimum atomic E-state index is -4.21. The topological polar surface area (TPSA) is 106 Å². The number of hydrogen-bond donors (Lipinski definition) is 2. The molecule has 7 nitrogen and oxygen atoms in total. The summed E-state index contributed by atoms with van der Waals surface area (Å²) in [5, 5.41) is 12.7. The summed E-state index contributed by atoms with van der Waals surface area (Å²) in [4.78, 5) is 36.0. The van der Waals surface area contributed by atoms with Gasteiger partial charge in [-0.25, -0.2) is 9.59 Å². The van der Waals surface area contributed by atoms with Gasteiger partial charge in [-0.3, -0.25) is 10.1 Å². The molecule has 188 valence electrons. The minimum Gasteiger partial charge on any atom is -0.507 e. The van der Waals surface area contributed by atoms with E-state index in [9.17, 15) is 32.7 Å². The Morgan fingerprint density at radius 3 is 2.53 bits per heavy atom. The van der Waals surface area contributed by atoms with Gasteiger partial charge in [-0.1, -0.05) is 30.7 Å². The van der Waals surface area contributed by atoms with Crippen molar-refractivity contribution in [3.63, 3.8) is 0 Å². The van der Waals surface area contributed by atoms with Crippen LogP contribution in [0, 0.1) is 0 Å². The number of alkyl halides is 3. The number of Topliss-reactive ketones (excluding diaryl/α,β-unsaturated/α-hetero) is 1. The summed E-state index contributed by atoms with van der Waals surface area (Å²) in [6.45, 7) is 4.86. The largest absolute Gasteiger partial charge is 0.507 e. The summed E-state index contributed by atoms with van der Waals surface area (Å²) in [6, 6.07) is 1.22. The van der Waals surface area contributed by atoms with Crippen LogP contribution in [0.5, 0.6) is 5.75 Å². The van der Waals surface area contributed by atoms with E-state index >= 15 is 0 Å². The number of carbonyl (C=O) groups excluding carboxylic acids is 2. The number of allylic oxidation sites excluding steroid dienone is 5. The van der Waals surface area contributed by atoms with E-state index in [0.717, 1.165) is 0 Å².